The van der Waals surface area contributed by atoms with E-state index < -0.39 is 5.60 Å². The van der Waals surface area contributed by atoms with E-state index in [2.05, 4.69) is 17.4 Å². The van der Waals surface area contributed by atoms with Crippen molar-refractivity contribution in [3.63, 3.8) is 0 Å². The van der Waals surface area contributed by atoms with E-state index in [0.29, 0.717) is 5.92 Å². The standard InChI is InChI=1S/C21H30N4O2/c1-15-18(6-5-7-19(15)22)17-12-23-25(14-17)13-16-8-10-24(11-9-16)20(26)27-21(2,3)4/h5-7,12,14,16H,8-11,13,22H2,1-4H3. The number of benzene rings is 1. The van der Waals surface area contributed by atoms with Crippen molar-refractivity contribution in [1.29, 1.82) is 0 Å². The summed E-state index contributed by atoms with van der Waals surface area (Å²) >= 11 is 0. The van der Waals surface area contributed by atoms with Crippen LogP contribution in [-0.2, 0) is 11.3 Å². The van der Waals surface area contributed by atoms with Crippen molar-refractivity contribution >= 4 is 11.8 Å². The maximum Gasteiger partial charge on any atom is 0.410 e. The van der Waals surface area contributed by atoms with Crippen LogP contribution in [0.4, 0.5) is 10.5 Å². The number of carbonyl (C=O) groups excluding carboxylic acids is 1. The lowest BCUT2D eigenvalue weighted by molar-refractivity contribution is 0.0177. The molecule has 0 aliphatic carbocycles. The minimum Gasteiger partial charge on any atom is -0.444 e. The van der Waals surface area contributed by atoms with E-state index >= 15 is 0 Å². The summed E-state index contributed by atoms with van der Waals surface area (Å²) in [6, 6.07) is 5.97. The Labute approximate surface area is 161 Å². The molecule has 1 amide bonds. The Hall–Kier alpha value is -2.50. The van der Waals surface area contributed by atoms with Gasteiger partial charge < -0.3 is 15.4 Å². The van der Waals surface area contributed by atoms with Gasteiger partial charge in [0, 0.05) is 37.1 Å². The highest BCUT2D eigenvalue weighted by molar-refractivity contribution is 5.71. The van der Waals surface area contributed by atoms with Crippen LogP contribution in [0.3, 0.4) is 0 Å². The summed E-state index contributed by atoms with van der Waals surface area (Å²) in [5.74, 6) is 0.512. The van der Waals surface area contributed by atoms with Gasteiger partial charge in [-0.15, -0.1) is 0 Å². The van der Waals surface area contributed by atoms with E-state index in [0.717, 1.165) is 54.9 Å². The van der Waals surface area contributed by atoms with Gasteiger partial charge in [-0.1, -0.05) is 12.1 Å². The molecule has 0 bridgehead atoms. The van der Waals surface area contributed by atoms with Crippen LogP contribution in [0.15, 0.2) is 30.6 Å². The lowest BCUT2D eigenvalue weighted by atomic mass is 9.97. The molecule has 0 spiro atoms. The summed E-state index contributed by atoms with van der Waals surface area (Å²) in [5, 5.41) is 4.53. The summed E-state index contributed by atoms with van der Waals surface area (Å²) in [4.78, 5) is 14.0. The number of ether oxygens (including phenoxy) is 1. The number of likely N-dealkylation sites (tertiary alicyclic amines) is 1. The third-order valence-electron chi connectivity index (χ3n) is 5.03. The molecule has 1 aromatic heterocycles. The first-order valence-corrected chi connectivity index (χ1v) is 9.59. The molecule has 3 rings (SSSR count). The largest absolute Gasteiger partial charge is 0.444 e. The van der Waals surface area contributed by atoms with Crippen molar-refractivity contribution < 1.29 is 9.53 Å². The van der Waals surface area contributed by atoms with Crippen LogP contribution in [0.5, 0.6) is 0 Å². The zero-order chi connectivity index (χ0) is 19.6. The molecule has 1 aliphatic heterocycles. The van der Waals surface area contributed by atoms with Gasteiger partial charge in [0.15, 0.2) is 0 Å². The van der Waals surface area contributed by atoms with Gasteiger partial charge in [-0.25, -0.2) is 4.79 Å². The zero-order valence-electron chi connectivity index (χ0n) is 16.7. The van der Waals surface area contributed by atoms with Crippen LogP contribution in [0, 0.1) is 12.8 Å². The second-order valence-corrected chi connectivity index (χ2v) is 8.38. The molecule has 1 aromatic carbocycles. The lowest BCUT2D eigenvalue weighted by Crippen LogP contribution is -2.42. The van der Waals surface area contributed by atoms with Gasteiger partial charge in [0.2, 0.25) is 0 Å². The quantitative estimate of drug-likeness (QED) is 0.826. The monoisotopic (exact) mass is 370 g/mol. The molecule has 0 unspecified atom stereocenters. The van der Waals surface area contributed by atoms with Crippen molar-refractivity contribution in [3.8, 4) is 11.1 Å². The van der Waals surface area contributed by atoms with Gasteiger partial charge in [-0.3, -0.25) is 4.68 Å². The number of aromatic nitrogens is 2. The molecule has 1 saturated heterocycles. The molecule has 1 fully saturated rings. The molecule has 1 aliphatic rings. The van der Waals surface area contributed by atoms with Crippen molar-refractivity contribution in [3.05, 3.63) is 36.2 Å². The number of nitrogens with two attached hydrogens (primary N) is 1. The van der Waals surface area contributed by atoms with E-state index in [9.17, 15) is 4.79 Å². The third-order valence-corrected chi connectivity index (χ3v) is 5.03. The van der Waals surface area contributed by atoms with Crippen molar-refractivity contribution in [2.75, 3.05) is 18.8 Å². The van der Waals surface area contributed by atoms with Crippen LogP contribution in [0.2, 0.25) is 0 Å². The van der Waals surface area contributed by atoms with Gasteiger partial charge in [-0.2, -0.15) is 5.10 Å². The van der Waals surface area contributed by atoms with Crippen LogP contribution in [-0.4, -0.2) is 39.5 Å². The highest BCUT2D eigenvalue weighted by Crippen LogP contribution is 2.27. The number of carbonyl (C=O) groups is 1. The molecule has 6 heteroatoms. The zero-order valence-corrected chi connectivity index (χ0v) is 16.7. The Bertz CT molecular complexity index is 799. The number of amides is 1. The SMILES string of the molecule is Cc1c(N)cccc1-c1cnn(CC2CCN(C(=O)OC(C)(C)C)CC2)c1. The van der Waals surface area contributed by atoms with E-state index in [1.54, 1.807) is 0 Å². The minimum absolute atomic E-state index is 0.209. The van der Waals surface area contributed by atoms with Gasteiger partial charge >= 0.3 is 6.09 Å². The summed E-state index contributed by atoms with van der Waals surface area (Å²) in [6.07, 6.45) is 5.70. The smallest absolute Gasteiger partial charge is 0.410 e. The molecular weight excluding hydrogens is 340 g/mol. The summed E-state index contributed by atoms with van der Waals surface area (Å²) in [5.41, 5.74) is 9.68. The van der Waals surface area contributed by atoms with Gasteiger partial charge in [0.1, 0.15) is 5.60 Å². The van der Waals surface area contributed by atoms with Crippen molar-refractivity contribution in [2.24, 2.45) is 5.92 Å². The lowest BCUT2D eigenvalue weighted by Gasteiger charge is -2.33. The summed E-state index contributed by atoms with van der Waals surface area (Å²) < 4.78 is 7.47. The Balaban J connectivity index is 1.57. The highest BCUT2D eigenvalue weighted by Gasteiger charge is 2.27. The molecule has 2 N–H and O–H groups in total. The Morgan fingerprint density at radius 3 is 2.67 bits per heavy atom. The number of piperidine rings is 1. The average Bonchev–Trinajstić information content (AvgIpc) is 3.04. The molecule has 0 atom stereocenters. The number of nitrogen functional groups attached to an aromatic ring is 1. The normalized spacial score (nSPS) is 15.8. The van der Waals surface area contributed by atoms with Crippen LogP contribution >= 0.6 is 0 Å². The van der Waals surface area contributed by atoms with E-state index in [4.69, 9.17) is 10.5 Å². The molecule has 6 nitrogen and oxygen atoms in total. The van der Waals surface area contributed by atoms with Gasteiger partial charge in [0.25, 0.3) is 0 Å². The Morgan fingerprint density at radius 1 is 1.30 bits per heavy atom. The first-order chi connectivity index (χ1) is 12.7. The summed E-state index contributed by atoms with van der Waals surface area (Å²) in [6.45, 7) is 10.1. The first kappa shape index (κ1) is 19.3. The fourth-order valence-electron chi connectivity index (χ4n) is 3.46. The Morgan fingerprint density at radius 2 is 2.00 bits per heavy atom. The number of hydrogen-bond acceptors (Lipinski definition) is 4. The van der Waals surface area contributed by atoms with Gasteiger partial charge in [-0.05, 0) is 63.6 Å². The highest BCUT2D eigenvalue weighted by atomic mass is 16.6. The minimum atomic E-state index is -0.446. The first-order valence-electron chi connectivity index (χ1n) is 9.59. The second kappa shape index (κ2) is 7.62. The molecular formula is C21H30N4O2. The predicted octanol–water partition coefficient (Wildman–Crippen LogP) is 4.09. The van der Waals surface area contributed by atoms with Crippen LogP contribution in [0.25, 0.3) is 11.1 Å². The Kier molecular flexibility index (Phi) is 5.44. The predicted molar refractivity (Wildman–Crippen MR) is 107 cm³/mol. The number of hydrogen-bond donors (Lipinski definition) is 1. The van der Waals surface area contributed by atoms with E-state index in [1.807, 2.05) is 55.6 Å². The average molecular weight is 370 g/mol. The maximum absolute atomic E-state index is 12.2. The van der Waals surface area contributed by atoms with Gasteiger partial charge in [0.05, 0.1) is 6.20 Å². The van der Waals surface area contributed by atoms with Crippen LogP contribution in [0.1, 0.15) is 39.2 Å². The van der Waals surface area contributed by atoms with E-state index in [-0.39, 0.29) is 6.09 Å². The van der Waals surface area contributed by atoms with E-state index in [1.165, 1.54) is 0 Å². The number of anilines is 1. The molecule has 0 radical (unpaired) electrons. The molecule has 146 valence electrons. The van der Waals surface area contributed by atoms with Crippen LogP contribution < -0.4 is 5.73 Å². The molecule has 2 aromatic rings. The fraction of sp³-hybridized carbons (Fsp3) is 0.524. The maximum atomic E-state index is 12.2. The van der Waals surface area contributed by atoms with Crippen molar-refractivity contribution in [1.82, 2.24) is 14.7 Å². The topological polar surface area (TPSA) is 73.4 Å². The summed E-state index contributed by atoms with van der Waals surface area (Å²) in [7, 11) is 0. The fourth-order valence-corrected chi connectivity index (χ4v) is 3.46. The molecule has 0 saturated carbocycles. The molecule has 27 heavy (non-hydrogen) atoms. The molecule has 2 heterocycles. The number of rotatable bonds is 3. The third kappa shape index (κ3) is 4.81. The van der Waals surface area contributed by atoms with Crippen molar-refractivity contribution in [2.45, 2.75) is 52.7 Å². The second-order valence-electron chi connectivity index (χ2n) is 8.38. The number of nitrogens with zero attached hydrogens (tertiary/aromatic N) is 3.